The summed E-state index contributed by atoms with van der Waals surface area (Å²) in [6, 6.07) is 6.51. The van der Waals surface area contributed by atoms with Gasteiger partial charge in [-0.3, -0.25) is 0 Å². The molecule has 4 heteroatoms. The van der Waals surface area contributed by atoms with E-state index in [1.807, 2.05) is 19.1 Å². The third-order valence-electron chi connectivity index (χ3n) is 2.33. The van der Waals surface area contributed by atoms with Gasteiger partial charge in [-0.2, -0.15) is 5.26 Å². The first-order valence-electron chi connectivity index (χ1n) is 5.19. The highest BCUT2D eigenvalue weighted by Crippen LogP contribution is 2.18. The van der Waals surface area contributed by atoms with Crippen LogP contribution in [0.2, 0.25) is 0 Å². The lowest BCUT2D eigenvalue weighted by Gasteiger charge is -2.15. The number of anilines is 1. The number of carboxylic acids is 1. The van der Waals surface area contributed by atoms with Gasteiger partial charge < -0.3 is 10.4 Å². The van der Waals surface area contributed by atoms with Gasteiger partial charge >= 0.3 is 5.97 Å². The number of nitriles is 1. The van der Waals surface area contributed by atoms with Crippen molar-refractivity contribution in [3.05, 3.63) is 42.0 Å². The first-order chi connectivity index (χ1) is 8.08. The molecule has 4 nitrogen and oxygen atoms in total. The molecule has 2 N–H and O–H groups in total. The Kier molecular flexibility index (Phi) is 4.29. The Morgan fingerprint density at radius 3 is 2.94 bits per heavy atom. The van der Waals surface area contributed by atoms with E-state index in [9.17, 15) is 4.79 Å². The van der Waals surface area contributed by atoms with E-state index >= 15 is 0 Å². The van der Waals surface area contributed by atoms with Gasteiger partial charge in [0.25, 0.3) is 0 Å². The number of nitrogens with zero attached hydrogens (tertiary/aromatic N) is 1. The fraction of sp³-hybridized carbons (Fsp3) is 0.231. The minimum absolute atomic E-state index is 0.300. The highest BCUT2D eigenvalue weighted by atomic mass is 16.4. The molecule has 1 aromatic rings. The summed E-state index contributed by atoms with van der Waals surface area (Å²) in [5, 5.41) is 20.8. The molecule has 0 fully saturated rings. The maximum absolute atomic E-state index is 11.0. The van der Waals surface area contributed by atoms with E-state index < -0.39 is 12.0 Å². The highest BCUT2D eigenvalue weighted by molar-refractivity contribution is 5.78. The predicted molar refractivity (Wildman–Crippen MR) is 65.8 cm³/mol. The molecule has 17 heavy (non-hydrogen) atoms. The van der Waals surface area contributed by atoms with E-state index in [1.165, 1.54) is 6.08 Å². The number of rotatable bonds is 5. The van der Waals surface area contributed by atoms with Gasteiger partial charge in [-0.15, -0.1) is 6.58 Å². The molecular formula is C13H14N2O2. The molecule has 0 amide bonds. The van der Waals surface area contributed by atoms with Crippen LogP contribution in [0.5, 0.6) is 0 Å². The molecule has 0 aliphatic rings. The molecule has 0 radical (unpaired) electrons. The first kappa shape index (κ1) is 12.8. The van der Waals surface area contributed by atoms with Crippen LogP contribution in [-0.4, -0.2) is 17.1 Å². The number of aliphatic carboxylic acids is 1. The lowest BCUT2D eigenvalue weighted by molar-refractivity contribution is -0.137. The quantitative estimate of drug-likeness (QED) is 0.761. The number of carbonyl (C=O) groups is 1. The zero-order valence-corrected chi connectivity index (χ0v) is 9.60. The fourth-order valence-corrected chi connectivity index (χ4v) is 1.45. The summed E-state index contributed by atoms with van der Waals surface area (Å²) in [6.45, 7) is 5.40. The van der Waals surface area contributed by atoms with Crippen LogP contribution in [0.1, 0.15) is 17.5 Å². The third-order valence-corrected chi connectivity index (χ3v) is 2.33. The van der Waals surface area contributed by atoms with Crippen LogP contribution in [0.25, 0.3) is 0 Å². The topological polar surface area (TPSA) is 73.1 Å². The van der Waals surface area contributed by atoms with Crippen molar-refractivity contribution in [1.82, 2.24) is 0 Å². The summed E-state index contributed by atoms with van der Waals surface area (Å²) in [7, 11) is 0. The smallest absolute Gasteiger partial charge is 0.326 e. The zero-order chi connectivity index (χ0) is 12.8. The number of benzene rings is 1. The van der Waals surface area contributed by atoms with Gasteiger partial charge in [0, 0.05) is 0 Å². The van der Waals surface area contributed by atoms with Gasteiger partial charge in [0.2, 0.25) is 0 Å². The van der Waals surface area contributed by atoms with Crippen molar-refractivity contribution in [3.8, 4) is 6.07 Å². The number of nitrogens with one attached hydrogen (secondary N) is 1. The molecule has 0 aliphatic carbocycles. The predicted octanol–water partition coefficient (Wildman–Crippen LogP) is 2.31. The van der Waals surface area contributed by atoms with Gasteiger partial charge in [-0.1, -0.05) is 12.1 Å². The molecular weight excluding hydrogens is 216 g/mol. The average Bonchev–Trinajstić information content (AvgIpc) is 2.28. The van der Waals surface area contributed by atoms with Crippen LogP contribution in [0.3, 0.4) is 0 Å². The SMILES string of the molecule is C=CCC(Nc1cc(C)ccc1C#N)C(=O)O. The van der Waals surface area contributed by atoms with Crippen molar-refractivity contribution < 1.29 is 9.90 Å². The summed E-state index contributed by atoms with van der Waals surface area (Å²) >= 11 is 0. The van der Waals surface area contributed by atoms with E-state index in [4.69, 9.17) is 10.4 Å². The van der Waals surface area contributed by atoms with E-state index in [0.717, 1.165) is 5.56 Å². The monoisotopic (exact) mass is 230 g/mol. The van der Waals surface area contributed by atoms with Gasteiger partial charge in [0.1, 0.15) is 12.1 Å². The fourth-order valence-electron chi connectivity index (χ4n) is 1.45. The van der Waals surface area contributed by atoms with Gasteiger partial charge in [0.05, 0.1) is 11.3 Å². The van der Waals surface area contributed by atoms with Crippen LogP contribution in [-0.2, 0) is 4.79 Å². The molecule has 1 atom stereocenters. The summed E-state index contributed by atoms with van der Waals surface area (Å²) in [4.78, 5) is 11.0. The van der Waals surface area contributed by atoms with Crippen LogP contribution in [0.4, 0.5) is 5.69 Å². The maximum Gasteiger partial charge on any atom is 0.326 e. The third kappa shape index (κ3) is 3.35. The number of aryl methyl sites for hydroxylation is 1. The Morgan fingerprint density at radius 1 is 1.71 bits per heavy atom. The van der Waals surface area contributed by atoms with E-state index in [0.29, 0.717) is 17.7 Å². The van der Waals surface area contributed by atoms with Crippen molar-refractivity contribution in [2.75, 3.05) is 5.32 Å². The molecule has 0 saturated carbocycles. The van der Waals surface area contributed by atoms with Crippen LogP contribution in [0.15, 0.2) is 30.9 Å². The largest absolute Gasteiger partial charge is 0.480 e. The standard InChI is InChI=1S/C13H14N2O2/c1-3-4-11(13(16)17)15-12-7-9(2)5-6-10(12)8-14/h3,5-7,11,15H,1,4H2,2H3,(H,16,17). The Morgan fingerprint density at radius 2 is 2.41 bits per heavy atom. The molecule has 0 heterocycles. The summed E-state index contributed by atoms with van der Waals surface area (Å²) in [6.07, 6.45) is 1.84. The zero-order valence-electron chi connectivity index (χ0n) is 9.60. The number of hydrogen-bond acceptors (Lipinski definition) is 3. The van der Waals surface area contributed by atoms with Gasteiger partial charge in [-0.05, 0) is 31.0 Å². The van der Waals surface area contributed by atoms with Crippen LogP contribution in [0, 0.1) is 18.3 Å². The Hall–Kier alpha value is -2.28. The van der Waals surface area contributed by atoms with Crippen LogP contribution < -0.4 is 5.32 Å². The average molecular weight is 230 g/mol. The Bertz CT molecular complexity index is 475. The summed E-state index contributed by atoms with van der Waals surface area (Å²) in [5.41, 5.74) is 1.95. The second kappa shape index (κ2) is 5.71. The summed E-state index contributed by atoms with van der Waals surface area (Å²) in [5.74, 6) is -0.963. The number of hydrogen-bond donors (Lipinski definition) is 2. The van der Waals surface area contributed by atoms with Crippen molar-refractivity contribution >= 4 is 11.7 Å². The molecule has 0 aliphatic heterocycles. The molecule has 0 aromatic heterocycles. The molecule has 0 saturated heterocycles. The van der Waals surface area contributed by atoms with Crippen molar-refractivity contribution in [2.45, 2.75) is 19.4 Å². The Labute approximate surface area is 100 Å². The molecule has 1 unspecified atom stereocenters. The summed E-state index contributed by atoms with van der Waals surface area (Å²) < 4.78 is 0. The van der Waals surface area contributed by atoms with E-state index in [1.54, 1.807) is 12.1 Å². The van der Waals surface area contributed by atoms with Gasteiger partial charge in [0.15, 0.2) is 0 Å². The van der Waals surface area contributed by atoms with E-state index in [-0.39, 0.29) is 0 Å². The normalized spacial score (nSPS) is 11.3. The maximum atomic E-state index is 11.0. The molecule has 0 spiro atoms. The minimum atomic E-state index is -0.963. The highest BCUT2D eigenvalue weighted by Gasteiger charge is 2.16. The first-order valence-corrected chi connectivity index (χ1v) is 5.19. The van der Waals surface area contributed by atoms with E-state index in [2.05, 4.69) is 11.9 Å². The second-order valence-corrected chi connectivity index (χ2v) is 3.72. The molecule has 88 valence electrons. The van der Waals surface area contributed by atoms with Crippen molar-refractivity contribution in [2.24, 2.45) is 0 Å². The van der Waals surface area contributed by atoms with Crippen LogP contribution >= 0.6 is 0 Å². The molecule has 1 aromatic carbocycles. The second-order valence-electron chi connectivity index (χ2n) is 3.72. The molecule has 0 bridgehead atoms. The lowest BCUT2D eigenvalue weighted by Crippen LogP contribution is -2.28. The Balaban J connectivity index is 3.00. The lowest BCUT2D eigenvalue weighted by atomic mass is 10.1. The van der Waals surface area contributed by atoms with Gasteiger partial charge in [-0.25, -0.2) is 4.79 Å². The van der Waals surface area contributed by atoms with Crippen molar-refractivity contribution in [3.63, 3.8) is 0 Å². The number of carboxylic acid groups (broad SMARTS) is 1. The minimum Gasteiger partial charge on any atom is -0.480 e. The molecule has 1 rings (SSSR count). The van der Waals surface area contributed by atoms with Crippen molar-refractivity contribution in [1.29, 1.82) is 5.26 Å².